The molecule has 1 saturated heterocycles. The van der Waals surface area contributed by atoms with Crippen LogP contribution in [0.1, 0.15) is 39.2 Å². The molecular formula is C18H27N3O4. The number of carbonyl (C=O) groups excluding carboxylic acids is 2. The molecule has 138 valence electrons. The fourth-order valence-electron chi connectivity index (χ4n) is 2.70. The van der Waals surface area contributed by atoms with E-state index in [0.717, 1.165) is 5.56 Å². The Hall–Kier alpha value is -2.12. The van der Waals surface area contributed by atoms with Crippen LogP contribution in [0.3, 0.4) is 0 Å². The van der Waals surface area contributed by atoms with Crippen molar-refractivity contribution >= 4 is 12.0 Å². The highest BCUT2D eigenvalue weighted by atomic mass is 16.6. The van der Waals surface area contributed by atoms with E-state index < -0.39 is 23.6 Å². The van der Waals surface area contributed by atoms with Gasteiger partial charge in [-0.1, -0.05) is 30.3 Å². The molecule has 25 heavy (non-hydrogen) atoms. The van der Waals surface area contributed by atoms with E-state index in [9.17, 15) is 9.59 Å². The number of nitrogens with one attached hydrogen (secondary N) is 1. The Morgan fingerprint density at radius 2 is 1.92 bits per heavy atom. The lowest BCUT2D eigenvalue weighted by Gasteiger charge is -2.38. The quantitative estimate of drug-likeness (QED) is 0.793. The van der Waals surface area contributed by atoms with Crippen molar-refractivity contribution in [3.8, 4) is 0 Å². The van der Waals surface area contributed by atoms with E-state index in [-0.39, 0.29) is 6.04 Å². The summed E-state index contributed by atoms with van der Waals surface area (Å²) in [7, 11) is 0. The number of primary amides is 1. The predicted molar refractivity (Wildman–Crippen MR) is 93.3 cm³/mol. The first-order valence-electron chi connectivity index (χ1n) is 8.46. The number of rotatable bonds is 5. The van der Waals surface area contributed by atoms with Crippen LogP contribution in [0.4, 0.5) is 4.79 Å². The molecule has 2 amide bonds. The van der Waals surface area contributed by atoms with Gasteiger partial charge in [0.05, 0.1) is 12.6 Å². The van der Waals surface area contributed by atoms with Gasteiger partial charge in [-0.15, -0.1) is 0 Å². The lowest BCUT2D eigenvalue weighted by molar-refractivity contribution is -0.125. The minimum atomic E-state index is -0.651. The number of nitrogens with zero attached hydrogens (tertiary/aromatic N) is 1. The van der Waals surface area contributed by atoms with Crippen molar-refractivity contribution in [2.75, 3.05) is 6.54 Å². The molecule has 7 nitrogen and oxygen atoms in total. The number of amides is 2. The van der Waals surface area contributed by atoms with Crippen molar-refractivity contribution in [2.45, 2.75) is 57.9 Å². The lowest BCUT2D eigenvalue weighted by atomic mass is 9.99. The molecule has 0 aliphatic carbocycles. The van der Waals surface area contributed by atoms with E-state index in [1.807, 2.05) is 30.3 Å². The summed E-state index contributed by atoms with van der Waals surface area (Å²) in [6, 6.07) is 9.04. The maximum absolute atomic E-state index is 12.4. The highest BCUT2D eigenvalue weighted by Gasteiger charge is 2.37. The molecule has 3 N–H and O–H groups in total. The summed E-state index contributed by atoms with van der Waals surface area (Å²) in [4.78, 5) is 31.0. The van der Waals surface area contributed by atoms with Gasteiger partial charge in [0.1, 0.15) is 11.6 Å². The first kappa shape index (κ1) is 19.2. The van der Waals surface area contributed by atoms with Crippen molar-refractivity contribution < 1.29 is 19.2 Å². The largest absolute Gasteiger partial charge is 0.444 e. The van der Waals surface area contributed by atoms with Gasteiger partial charge < -0.3 is 10.5 Å². The molecule has 0 spiro atoms. The van der Waals surface area contributed by atoms with Gasteiger partial charge in [0.25, 0.3) is 0 Å². The van der Waals surface area contributed by atoms with Crippen LogP contribution >= 0.6 is 0 Å². The van der Waals surface area contributed by atoms with E-state index in [2.05, 4.69) is 5.48 Å². The molecule has 0 unspecified atom stereocenters. The number of piperidine rings is 1. The zero-order chi connectivity index (χ0) is 18.4. The number of nitrogens with two attached hydrogens (primary N) is 1. The third-order valence-corrected chi connectivity index (χ3v) is 3.87. The number of ether oxygens (including phenoxy) is 1. The average Bonchev–Trinajstić information content (AvgIpc) is 2.54. The minimum absolute atomic E-state index is 0.0909. The molecule has 0 bridgehead atoms. The van der Waals surface area contributed by atoms with Gasteiger partial charge in [0, 0.05) is 6.54 Å². The van der Waals surface area contributed by atoms with E-state index in [1.54, 1.807) is 20.8 Å². The molecular weight excluding hydrogens is 322 g/mol. The van der Waals surface area contributed by atoms with E-state index >= 15 is 0 Å². The van der Waals surface area contributed by atoms with Crippen LogP contribution in [0.5, 0.6) is 0 Å². The fraction of sp³-hybridized carbons (Fsp3) is 0.556. The van der Waals surface area contributed by atoms with E-state index in [0.29, 0.717) is 26.0 Å². The molecule has 7 heteroatoms. The zero-order valence-corrected chi connectivity index (χ0v) is 15.0. The molecule has 2 rings (SSSR count). The van der Waals surface area contributed by atoms with Crippen LogP contribution in [0.2, 0.25) is 0 Å². The number of hydroxylamine groups is 1. The Morgan fingerprint density at radius 3 is 2.52 bits per heavy atom. The number of carbonyl (C=O) groups is 2. The summed E-state index contributed by atoms with van der Waals surface area (Å²) >= 11 is 0. The molecule has 1 fully saturated rings. The number of hydrogen-bond donors (Lipinski definition) is 2. The van der Waals surface area contributed by atoms with Gasteiger partial charge in [0.15, 0.2) is 0 Å². The first-order chi connectivity index (χ1) is 11.8. The van der Waals surface area contributed by atoms with Crippen molar-refractivity contribution in [2.24, 2.45) is 5.73 Å². The monoisotopic (exact) mass is 349 g/mol. The fourth-order valence-corrected chi connectivity index (χ4v) is 2.70. The van der Waals surface area contributed by atoms with Crippen LogP contribution in [0.25, 0.3) is 0 Å². The van der Waals surface area contributed by atoms with Crippen LogP contribution < -0.4 is 11.2 Å². The zero-order valence-electron chi connectivity index (χ0n) is 15.0. The van der Waals surface area contributed by atoms with E-state index in [4.69, 9.17) is 15.3 Å². The smallest absolute Gasteiger partial charge is 0.411 e. The SMILES string of the molecule is CC(C)(C)OC(=O)N1C[C@H](NOCc2ccccc2)CC[C@H]1C(N)=O. The summed E-state index contributed by atoms with van der Waals surface area (Å²) in [5.74, 6) is -0.519. The summed E-state index contributed by atoms with van der Waals surface area (Å²) < 4.78 is 5.39. The van der Waals surface area contributed by atoms with Crippen LogP contribution in [-0.2, 0) is 21.0 Å². The third kappa shape index (κ3) is 6.03. The second-order valence-electron chi connectivity index (χ2n) is 7.22. The number of hydrogen-bond acceptors (Lipinski definition) is 5. The molecule has 0 radical (unpaired) electrons. The number of likely N-dealkylation sites (tertiary alicyclic amines) is 1. The molecule has 0 saturated carbocycles. The molecule has 1 heterocycles. The van der Waals surface area contributed by atoms with Gasteiger partial charge in [-0.05, 0) is 39.2 Å². The number of benzene rings is 1. The molecule has 1 aliphatic heterocycles. The maximum atomic E-state index is 12.4. The standard InChI is InChI=1S/C18H27N3O4/c1-18(2,3)25-17(23)21-11-14(9-10-15(21)16(19)22)20-24-12-13-7-5-4-6-8-13/h4-8,14-15,20H,9-12H2,1-3H3,(H2,19,22)/t14-,15+/m1/s1. The van der Waals surface area contributed by atoms with Gasteiger partial charge in [-0.2, -0.15) is 5.48 Å². The van der Waals surface area contributed by atoms with Gasteiger partial charge in [0.2, 0.25) is 5.91 Å². The van der Waals surface area contributed by atoms with E-state index in [1.165, 1.54) is 4.90 Å². The summed E-state index contributed by atoms with van der Waals surface area (Å²) in [6.45, 7) is 6.08. The van der Waals surface area contributed by atoms with Crippen molar-refractivity contribution in [3.05, 3.63) is 35.9 Å². The van der Waals surface area contributed by atoms with Crippen molar-refractivity contribution in [3.63, 3.8) is 0 Å². The Bertz CT molecular complexity index is 586. The topological polar surface area (TPSA) is 93.9 Å². The Balaban J connectivity index is 1.91. The van der Waals surface area contributed by atoms with Crippen molar-refractivity contribution in [1.29, 1.82) is 0 Å². The molecule has 0 aromatic heterocycles. The van der Waals surface area contributed by atoms with Crippen LogP contribution in [0.15, 0.2) is 30.3 Å². The summed E-state index contributed by atoms with van der Waals surface area (Å²) in [6.07, 6.45) is 0.619. The second kappa shape index (κ2) is 8.31. The molecule has 1 aromatic rings. The third-order valence-electron chi connectivity index (χ3n) is 3.87. The Labute approximate surface area is 148 Å². The first-order valence-corrected chi connectivity index (χ1v) is 8.46. The van der Waals surface area contributed by atoms with Crippen LogP contribution in [0, 0.1) is 0 Å². The predicted octanol–water partition coefficient (Wildman–Crippen LogP) is 1.96. The van der Waals surface area contributed by atoms with Gasteiger partial charge in [-0.3, -0.25) is 14.5 Å². The van der Waals surface area contributed by atoms with Gasteiger partial charge >= 0.3 is 6.09 Å². The molecule has 2 atom stereocenters. The Morgan fingerprint density at radius 1 is 1.24 bits per heavy atom. The van der Waals surface area contributed by atoms with Crippen LogP contribution in [-0.4, -0.2) is 41.1 Å². The second-order valence-corrected chi connectivity index (χ2v) is 7.22. The lowest BCUT2D eigenvalue weighted by Crippen LogP contribution is -2.57. The van der Waals surface area contributed by atoms with Crippen molar-refractivity contribution in [1.82, 2.24) is 10.4 Å². The summed E-state index contributed by atoms with van der Waals surface area (Å²) in [5.41, 5.74) is 8.83. The summed E-state index contributed by atoms with van der Waals surface area (Å²) in [5, 5.41) is 0. The highest BCUT2D eigenvalue weighted by Crippen LogP contribution is 2.21. The maximum Gasteiger partial charge on any atom is 0.411 e. The average molecular weight is 349 g/mol. The molecule has 1 aliphatic rings. The molecule has 1 aromatic carbocycles. The minimum Gasteiger partial charge on any atom is -0.444 e. The normalized spacial score (nSPS) is 21.0. The Kier molecular flexibility index (Phi) is 6.39. The highest BCUT2D eigenvalue weighted by molar-refractivity contribution is 5.84. The van der Waals surface area contributed by atoms with Gasteiger partial charge in [-0.25, -0.2) is 4.79 Å².